The van der Waals surface area contributed by atoms with Gasteiger partial charge in [0.25, 0.3) is 11.8 Å². The Kier molecular flexibility index (Phi) is 34.3. The van der Waals surface area contributed by atoms with Crippen LogP contribution in [0.1, 0.15) is 128 Å². The summed E-state index contributed by atoms with van der Waals surface area (Å²) in [5.41, 5.74) is 0. The Morgan fingerprint density at radius 2 is 0.887 bits per heavy atom. The third kappa shape index (κ3) is 33.2. The third-order valence-corrected chi connectivity index (χ3v) is 9.74. The molecule has 6 N–H and O–H groups in total. The van der Waals surface area contributed by atoms with Gasteiger partial charge in [0.2, 0.25) is 23.6 Å². The Morgan fingerprint density at radius 1 is 0.484 bits per heavy atom. The lowest BCUT2D eigenvalue weighted by atomic mass is 10.0. The molecule has 19 nitrogen and oxygen atoms in total. The van der Waals surface area contributed by atoms with Crippen LogP contribution in [0.25, 0.3) is 0 Å². The molecule has 62 heavy (non-hydrogen) atoms. The minimum atomic E-state index is -1.19. The van der Waals surface area contributed by atoms with Crippen LogP contribution in [-0.2, 0) is 57.3 Å². The van der Waals surface area contributed by atoms with Gasteiger partial charge in [0.15, 0.2) is 0 Å². The molecule has 0 spiro atoms. The fourth-order valence-corrected chi connectivity index (χ4v) is 6.28. The topological polar surface area (TPSA) is 265 Å². The highest BCUT2D eigenvalue weighted by atomic mass is 16.5. The SMILES string of the molecule is O=C(O)CCCCCCCCCCCCCCCCCCC(=O)NC(CCC(=O)NCCOCCOCC(=O)NCCOCCOCC(=O)NCCN1C(=O)C=CC1=O)C(=O)O. The van der Waals surface area contributed by atoms with E-state index in [4.69, 9.17) is 24.1 Å². The van der Waals surface area contributed by atoms with E-state index in [1.54, 1.807) is 0 Å². The maximum Gasteiger partial charge on any atom is 0.326 e. The maximum atomic E-state index is 12.3. The van der Waals surface area contributed by atoms with Crippen molar-refractivity contribution in [2.45, 2.75) is 134 Å². The molecule has 1 atom stereocenters. The monoisotopic (exact) mass is 884 g/mol. The number of carboxylic acid groups (broad SMARTS) is 2. The number of carbonyl (C=O) groups excluding carboxylic acids is 6. The Bertz CT molecular complexity index is 1330. The fraction of sp³-hybridized carbons (Fsp3) is 0.767. The summed E-state index contributed by atoms with van der Waals surface area (Å²) in [6.45, 7) is 1.36. The molecule has 0 bridgehead atoms. The van der Waals surface area contributed by atoms with Gasteiger partial charge >= 0.3 is 11.9 Å². The predicted molar refractivity (Wildman–Crippen MR) is 228 cm³/mol. The number of carboxylic acids is 2. The first-order valence-corrected chi connectivity index (χ1v) is 22.4. The molecule has 19 heteroatoms. The minimum Gasteiger partial charge on any atom is -0.481 e. The average Bonchev–Trinajstić information content (AvgIpc) is 3.55. The van der Waals surface area contributed by atoms with E-state index in [0.717, 1.165) is 43.4 Å². The van der Waals surface area contributed by atoms with Gasteiger partial charge in [0.1, 0.15) is 19.3 Å². The second-order valence-corrected chi connectivity index (χ2v) is 15.1. The summed E-state index contributed by atoms with van der Waals surface area (Å²) < 4.78 is 21.2. The standard InChI is InChI=1S/C43H73N5O14/c49-36(20-19-35(43(57)58)47-37(50)17-15-13-11-9-7-5-3-1-2-4-6-8-10-12-14-16-18-42(55)56)45-24-27-59-29-32-62-34-39(52)46-25-28-60-30-31-61-33-38(51)44-23-26-48-40(53)21-22-41(48)54/h21-22,35H,1-20,23-34H2,(H,44,51)(H,45,49)(H,46,52)(H,47,50)(H,55,56)(H,57,58). The van der Waals surface area contributed by atoms with Crippen molar-refractivity contribution in [3.8, 4) is 0 Å². The Balaban J connectivity index is 1.89. The van der Waals surface area contributed by atoms with Crippen molar-refractivity contribution in [2.24, 2.45) is 0 Å². The molecule has 1 heterocycles. The number of unbranched alkanes of at least 4 members (excludes halogenated alkanes) is 15. The molecule has 6 amide bonds. The summed E-state index contributed by atoms with van der Waals surface area (Å²) >= 11 is 0. The second-order valence-electron chi connectivity index (χ2n) is 15.1. The number of amides is 6. The van der Waals surface area contributed by atoms with Crippen molar-refractivity contribution in [3.63, 3.8) is 0 Å². The fourth-order valence-electron chi connectivity index (χ4n) is 6.28. The molecular weight excluding hydrogens is 810 g/mol. The molecule has 1 unspecified atom stereocenters. The van der Waals surface area contributed by atoms with Crippen LogP contribution in [0.15, 0.2) is 12.2 Å². The zero-order valence-corrected chi connectivity index (χ0v) is 36.6. The van der Waals surface area contributed by atoms with Gasteiger partial charge in [-0.25, -0.2) is 4.79 Å². The summed E-state index contributed by atoms with van der Waals surface area (Å²) in [6.07, 6.45) is 20.6. The summed E-state index contributed by atoms with van der Waals surface area (Å²) in [5, 5.41) is 28.5. The summed E-state index contributed by atoms with van der Waals surface area (Å²) in [6, 6.07) is -1.14. The molecule has 0 saturated heterocycles. The quantitative estimate of drug-likeness (QED) is 0.0380. The minimum absolute atomic E-state index is 0.0312. The highest BCUT2D eigenvalue weighted by molar-refractivity contribution is 6.12. The lowest BCUT2D eigenvalue weighted by molar-refractivity contribution is -0.142. The van der Waals surface area contributed by atoms with E-state index in [9.17, 15) is 43.5 Å². The zero-order chi connectivity index (χ0) is 45.5. The first kappa shape index (κ1) is 55.6. The first-order chi connectivity index (χ1) is 30.0. The molecule has 0 saturated carbocycles. The number of carbonyl (C=O) groups is 8. The number of nitrogens with one attached hydrogen (secondary N) is 4. The molecule has 1 aliphatic rings. The maximum absolute atomic E-state index is 12.3. The molecule has 0 aromatic carbocycles. The van der Waals surface area contributed by atoms with Gasteiger partial charge in [-0.15, -0.1) is 0 Å². The normalized spacial score (nSPS) is 12.7. The number of aliphatic carboxylic acids is 2. The summed E-state index contributed by atoms with van der Waals surface area (Å²) in [5.74, 6) is -4.15. The highest BCUT2D eigenvalue weighted by Gasteiger charge is 2.23. The van der Waals surface area contributed by atoms with Crippen molar-refractivity contribution in [2.75, 3.05) is 79.0 Å². The van der Waals surface area contributed by atoms with Gasteiger partial charge in [-0.05, 0) is 19.3 Å². The van der Waals surface area contributed by atoms with E-state index in [-0.39, 0.29) is 122 Å². The number of hydrogen-bond acceptors (Lipinski definition) is 12. The lowest BCUT2D eigenvalue weighted by Crippen LogP contribution is -2.41. The van der Waals surface area contributed by atoms with Crippen molar-refractivity contribution >= 4 is 47.4 Å². The van der Waals surface area contributed by atoms with Crippen LogP contribution in [0.3, 0.4) is 0 Å². The van der Waals surface area contributed by atoms with Crippen molar-refractivity contribution < 1.29 is 67.5 Å². The Morgan fingerprint density at radius 3 is 1.34 bits per heavy atom. The Labute approximate surface area is 366 Å². The second kappa shape index (κ2) is 38.2. The molecule has 0 aromatic rings. The molecular formula is C43H73N5O14. The number of hydrogen-bond donors (Lipinski definition) is 6. The van der Waals surface area contributed by atoms with Crippen molar-refractivity contribution in [3.05, 3.63) is 12.2 Å². The van der Waals surface area contributed by atoms with Gasteiger partial charge in [-0.2, -0.15) is 0 Å². The number of rotatable bonds is 43. The zero-order valence-electron chi connectivity index (χ0n) is 36.6. The van der Waals surface area contributed by atoms with E-state index >= 15 is 0 Å². The molecule has 0 aliphatic carbocycles. The molecule has 0 aromatic heterocycles. The third-order valence-electron chi connectivity index (χ3n) is 9.74. The van der Waals surface area contributed by atoms with Crippen molar-refractivity contribution in [1.82, 2.24) is 26.2 Å². The van der Waals surface area contributed by atoms with Crippen LogP contribution in [0, 0.1) is 0 Å². The smallest absolute Gasteiger partial charge is 0.326 e. The molecule has 0 radical (unpaired) electrons. The number of nitrogens with zero attached hydrogens (tertiary/aromatic N) is 1. The van der Waals surface area contributed by atoms with E-state index in [1.165, 1.54) is 69.9 Å². The largest absolute Gasteiger partial charge is 0.481 e. The molecule has 0 fully saturated rings. The van der Waals surface area contributed by atoms with Crippen LogP contribution in [0.5, 0.6) is 0 Å². The lowest BCUT2D eigenvalue weighted by Gasteiger charge is -2.14. The first-order valence-electron chi connectivity index (χ1n) is 22.4. The van der Waals surface area contributed by atoms with Gasteiger partial charge in [-0.3, -0.25) is 38.5 Å². The molecule has 1 rings (SSSR count). The molecule has 1 aliphatic heterocycles. The van der Waals surface area contributed by atoms with Crippen molar-refractivity contribution in [1.29, 1.82) is 0 Å². The van der Waals surface area contributed by atoms with E-state index in [2.05, 4.69) is 21.3 Å². The van der Waals surface area contributed by atoms with Crippen LogP contribution in [0.4, 0.5) is 0 Å². The Hall–Kier alpha value is -4.46. The van der Waals surface area contributed by atoms with Crippen LogP contribution in [-0.4, -0.2) is 148 Å². The van der Waals surface area contributed by atoms with Gasteiger partial charge in [0, 0.05) is 57.6 Å². The average molecular weight is 884 g/mol. The van der Waals surface area contributed by atoms with Crippen LogP contribution < -0.4 is 21.3 Å². The van der Waals surface area contributed by atoms with E-state index in [0.29, 0.717) is 6.42 Å². The predicted octanol–water partition coefficient (Wildman–Crippen LogP) is 2.78. The van der Waals surface area contributed by atoms with E-state index in [1.807, 2.05) is 0 Å². The molecule has 354 valence electrons. The summed E-state index contributed by atoms with van der Waals surface area (Å²) in [4.78, 5) is 94.3. The van der Waals surface area contributed by atoms with Crippen LogP contribution in [0.2, 0.25) is 0 Å². The number of imide groups is 1. The van der Waals surface area contributed by atoms with Gasteiger partial charge < -0.3 is 50.4 Å². The van der Waals surface area contributed by atoms with Gasteiger partial charge in [0.05, 0.1) is 39.6 Å². The number of ether oxygens (including phenoxy) is 4. The van der Waals surface area contributed by atoms with Crippen LogP contribution >= 0.6 is 0 Å². The highest BCUT2D eigenvalue weighted by Crippen LogP contribution is 2.14. The van der Waals surface area contributed by atoms with E-state index < -0.39 is 35.7 Å². The summed E-state index contributed by atoms with van der Waals surface area (Å²) in [7, 11) is 0. The van der Waals surface area contributed by atoms with Gasteiger partial charge in [-0.1, -0.05) is 89.9 Å².